The van der Waals surface area contributed by atoms with Crippen molar-refractivity contribution < 1.29 is 4.79 Å². The van der Waals surface area contributed by atoms with Gasteiger partial charge >= 0.3 is 0 Å². The number of halogens is 2. The van der Waals surface area contributed by atoms with Gasteiger partial charge in [-0.25, -0.2) is 4.98 Å². The Morgan fingerprint density at radius 3 is 3.00 bits per heavy atom. The molecule has 1 aromatic heterocycles. The molecule has 1 heterocycles. The average Bonchev–Trinajstić information content (AvgIpc) is 2.60. The number of imidazole rings is 1. The Bertz CT molecular complexity index is 495. The van der Waals surface area contributed by atoms with E-state index in [4.69, 9.17) is 0 Å². The number of carbonyl (C=O) groups is 1. The highest BCUT2D eigenvalue weighted by atomic mass is 79.9. The molecule has 0 fully saturated rings. The van der Waals surface area contributed by atoms with E-state index in [2.05, 4.69) is 47.1 Å². The van der Waals surface area contributed by atoms with Crippen molar-refractivity contribution in [1.82, 2.24) is 9.97 Å². The van der Waals surface area contributed by atoms with Crippen molar-refractivity contribution >= 4 is 55.0 Å². The summed E-state index contributed by atoms with van der Waals surface area (Å²) in [5.41, 5.74) is 2.37. The van der Waals surface area contributed by atoms with E-state index < -0.39 is 0 Å². The number of aromatic nitrogens is 2. The summed E-state index contributed by atoms with van der Waals surface area (Å²) in [6, 6.07) is 1.86. The molecular weight excluding hydrogens is 314 g/mol. The molecular formula is C8H5Br2N3O. The highest BCUT2D eigenvalue weighted by Crippen LogP contribution is 2.35. The van der Waals surface area contributed by atoms with E-state index in [9.17, 15) is 4.79 Å². The number of nitrogens with zero attached hydrogens (tertiary/aromatic N) is 1. The Balaban J connectivity index is 2.75. The third-order valence-corrected chi connectivity index (χ3v) is 3.21. The number of fused-ring (bicyclic) bond motifs is 1. The highest BCUT2D eigenvalue weighted by molar-refractivity contribution is 9.11. The molecule has 1 aromatic carbocycles. The first kappa shape index (κ1) is 9.67. The van der Waals surface area contributed by atoms with Gasteiger partial charge in [-0.15, -0.1) is 0 Å². The maximum absolute atomic E-state index is 10.4. The monoisotopic (exact) mass is 317 g/mol. The van der Waals surface area contributed by atoms with Gasteiger partial charge in [0.25, 0.3) is 0 Å². The summed E-state index contributed by atoms with van der Waals surface area (Å²) in [5.74, 6) is 0. The van der Waals surface area contributed by atoms with Crippen molar-refractivity contribution in [2.24, 2.45) is 0 Å². The molecule has 0 saturated carbocycles. The summed E-state index contributed by atoms with van der Waals surface area (Å²) >= 11 is 6.73. The lowest BCUT2D eigenvalue weighted by molar-refractivity contribution is -0.105. The van der Waals surface area contributed by atoms with Gasteiger partial charge < -0.3 is 10.3 Å². The van der Waals surface area contributed by atoms with Gasteiger partial charge in [0.2, 0.25) is 6.41 Å². The molecule has 0 atom stereocenters. The van der Waals surface area contributed by atoms with Gasteiger partial charge in [-0.05, 0) is 37.9 Å². The third kappa shape index (κ3) is 1.44. The van der Waals surface area contributed by atoms with Gasteiger partial charge in [-0.1, -0.05) is 0 Å². The number of anilines is 1. The molecule has 0 spiro atoms. The van der Waals surface area contributed by atoms with Crippen LogP contribution in [-0.4, -0.2) is 16.4 Å². The summed E-state index contributed by atoms with van der Waals surface area (Å²) < 4.78 is 1.56. The van der Waals surface area contributed by atoms with Crippen molar-refractivity contribution in [2.75, 3.05) is 5.32 Å². The van der Waals surface area contributed by atoms with Crippen LogP contribution in [0.3, 0.4) is 0 Å². The van der Waals surface area contributed by atoms with Crippen molar-refractivity contribution in [3.05, 3.63) is 21.3 Å². The minimum atomic E-state index is 0.628. The van der Waals surface area contributed by atoms with Crippen LogP contribution in [0.4, 0.5) is 5.69 Å². The molecule has 1 amide bonds. The van der Waals surface area contributed by atoms with Crippen LogP contribution in [0.5, 0.6) is 0 Å². The van der Waals surface area contributed by atoms with Crippen LogP contribution >= 0.6 is 31.9 Å². The number of hydrogen-bond acceptors (Lipinski definition) is 2. The SMILES string of the molecule is O=CNc1c(Br)cc2[nH]cnc2c1Br. The molecule has 0 radical (unpaired) electrons. The van der Waals surface area contributed by atoms with Crippen LogP contribution < -0.4 is 5.32 Å². The molecule has 0 aliphatic carbocycles. The molecule has 4 nitrogen and oxygen atoms in total. The van der Waals surface area contributed by atoms with Gasteiger partial charge in [0.15, 0.2) is 0 Å². The van der Waals surface area contributed by atoms with Crippen LogP contribution in [0.2, 0.25) is 0 Å². The molecule has 14 heavy (non-hydrogen) atoms. The van der Waals surface area contributed by atoms with E-state index in [0.717, 1.165) is 20.0 Å². The number of benzene rings is 1. The zero-order valence-electron chi connectivity index (χ0n) is 6.84. The lowest BCUT2D eigenvalue weighted by Crippen LogP contribution is -1.96. The van der Waals surface area contributed by atoms with Gasteiger partial charge in [0.05, 0.1) is 22.0 Å². The summed E-state index contributed by atoms with van der Waals surface area (Å²) in [7, 11) is 0. The molecule has 0 saturated heterocycles. The maximum Gasteiger partial charge on any atom is 0.211 e. The van der Waals surface area contributed by atoms with Gasteiger partial charge in [-0.3, -0.25) is 4.79 Å². The maximum atomic E-state index is 10.4. The fourth-order valence-corrected chi connectivity index (χ4v) is 2.65. The third-order valence-electron chi connectivity index (χ3n) is 1.81. The molecule has 0 bridgehead atoms. The van der Waals surface area contributed by atoms with Gasteiger partial charge in [-0.2, -0.15) is 0 Å². The molecule has 0 aliphatic rings. The normalized spacial score (nSPS) is 10.4. The fourth-order valence-electron chi connectivity index (χ4n) is 1.20. The first-order valence-corrected chi connectivity index (χ1v) is 5.34. The Labute approximate surface area is 96.4 Å². The van der Waals surface area contributed by atoms with Crippen molar-refractivity contribution in [2.45, 2.75) is 0 Å². The number of hydrogen-bond donors (Lipinski definition) is 2. The van der Waals surface area contributed by atoms with E-state index in [0.29, 0.717) is 12.1 Å². The van der Waals surface area contributed by atoms with Crippen molar-refractivity contribution in [3.8, 4) is 0 Å². The number of rotatable bonds is 2. The van der Waals surface area contributed by atoms with Crippen LogP contribution in [0.15, 0.2) is 21.3 Å². The zero-order chi connectivity index (χ0) is 10.1. The topological polar surface area (TPSA) is 57.8 Å². The number of nitrogens with one attached hydrogen (secondary N) is 2. The second-order valence-corrected chi connectivity index (χ2v) is 4.26. The Hall–Kier alpha value is -0.880. The van der Waals surface area contributed by atoms with Crippen LogP contribution in [0.1, 0.15) is 0 Å². The molecule has 72 valence electrons. The number of aromatic amines is 1. The summed E-state index contributed by atoms with van der Waals surface area (Å²) in [4.78, 5) is 17.5. The molecule has 0 aliphatic heterocycles. The lowest BCUT2D eigenvalue weighted by Gasteiger charge is -2.05. The number of H-pyrrole nitrogens is 1. The number of carbonyl (C=O) groups excluding carboxylic acids is 1. The van der Waals surface area contributed by atoms with Crippen LogP contribution in [0.25, 0.3) is 11.0 Å². The second-order valence-electron chi connectivity index (χ2n) is 2.61. The van der Waals surface area contributed by atoms with Crippen LogP contribution in [0, 0.1) is 0 Å². The minimum absolute atomic E-state index is 0.628. The van der Waals surface area contributed by atoms with Crippen molar-refractivity contribution in [3.63, 3.8) is 0 Å². The van der Waals surface area contributed by atoms with E-state index in [1.54, 1.807) is 6.33 Å². The van der Waals surface area contributed by atoms with Gasteiger partial charge in [0, 0.05) is 4.47 Å². The highest BCUT2D eigenvalue weighted by Gasteiger charge is 2.10. The molecule has 6 heteroatoms. The Kier molecular flexibility index (Phi) is 2.56. The second kappa shape index (κ2) is 3.70. The fraction of sp³-hybridized carbons (Fsp3) is 0. The molecule has 2 rings (SSSR count). The quantitative estimate of drug-likeness (QED) is 0.836. The molecule has 2 aromatic rings. The number of amides is 1. The van der Waals surface area contributed by atoms with Crippen LogP contribution in [-0.2, 0) is 4.79 Å². The summed E-state index contributed by atoms with van der Waals surface area (Å²) in [6.45, 7) is 0. The zero-order valence-corrected chi connectivity index (χ0v) is 10.0. The molecule has 2 N–H and O–H groups in total. The van der Waals surface area contributed by atoms with E-state index in [-0.39, 0.29) is 0 Å². The Morgan fingerprint density at radius 2 is 2.29 bits per heavy atom. The van der Waals surface area contributed by atoms with Crippen molar-refractivity contribution in [1.29, 1.82) is 0 Å². The predicted molar refractivity (Wildman–Crippen MR) is 61.2 cm³/mol. The smallest absolute Gasteiger partial charge is 0.211 e. The summed E-state index contributed by atoms with van der Waals surface area (Å²) in [5, 5.41) is 2.60. The first-order chi connectivity index (χ1) is 6.74. The van der Waals surface area contributed by atoms with E-state index in [1.165, 1.54) is 0 Å². The summed E-state index contributed by atoms with van der Waals surface area (Å²) in [6.07, 6.45) is 2.23. The van der Waals surface area contributed by atoms with E-state index in [1.807, 2.05) is 6.07 Å². The standard InChI is InChI=1S/C8H5Br2N3O/c9-4-1-5-8(12-2-11-5)6(10)7(4)13-3-14/h1-3H,(H,11,12)(H,13,14). The minimum Gasteiger partial charge on any atom is -0.345 e. The van der Waals surface area contributed by atoms with Gasteiger partial charge in [0.1, 0.15) is 5.52 Å². The molecule has 0 unspecified atom stereocenters. The predicted octanol–water partition coefficient (Wildman–Crippen LogP) is 2.66. The first-order valence-electron chi connectivity index (χ1n) is 3.75. The largest absolute Gasteiger partial charge is 0.345 e. The van der Waals surface area contributed by atoms with E-state index >= 15 is 0 Å². The lowest BCUT2D eigenvalue weighted by atomic mass is 10.3. The Morgan fingerprint density at radius 1 is 1.50 bits per heavy atom. The average molecular weight is 319 g/mol.